The van der Waals surface area contributed by atoms with Crippen molar-refractivity contribution < 1.29 is 9.18 Å². The Morgan fingerprint density at radius 3 is 2.33 bits per heavy atom. The van der Waals surface area contributed by atoms with E-state index in [1.54, 1.807) is 6.07 Å². The average Bonchev–Trinajstić information content (AvgIpc) is 2.45. The van der Waals surface area contributed by atoms with E-state index in [1.165, 1.54) is 50.7 Å². The van der Waals surface area contributed by atoms with Gasteiger partial charge in [-0.1, -0.05) is 51.9 Å². The molecule has 4 heteroatoms. The molecule has 118 valence electrons. The van der Waals surface area contributed by atoms with Crippen molar-refractivity contribution in [3.8, 4) is 0 Å². The van der Waals surface area contributed by atoms with Gasteiger partial charge >= 0.3 is 0 Å². The van der Waals surface area contributed by atoms with Crippen molar-refractivity contribution in [2.24, 2.45) is 0 Å². The molecule has 0 unspecified atom stereocenters. The Morgan fingerprint density at radius 1 is 1.10 bits per heavy atom. The Hall–Kier alpha value is -0.650. The number of carbonyl (C=O) groups excluding carboxylic acids is 1. The SMILES string of the molecule is CCCCCCCCCCNC(=O)c1ccc(F)cc1I. The molecule has 0 aliphatic heterocycles. The van der Waals surface area contributed by atoms with Crippen LogP contribution in [0.5, 0.6) is 0 Å². The van der Waals surface area contributed by atoms with Gasteiger partial charge in [-0.2, -0.15) is 0 Å². The molecule has 0 radical (unpaired) electrons. The third-order valence-electron chi connectivity index (χ3n) is 3.49. The molecule has 0 saturated carbocycles. The molecule has 1 amide bonds. The summed E-state index contributed by atoms with van der Waals surface area (Å²) in [7, 11) is 0. The molecular formula is C17H25FINO. The van der Waals surface area contributed by atoms with Crippen LogP contribution >= 0.6 is 22.6 Å². The normalized spacial score (nSPS) is 10.6. The first-order valence-corrected chi connectivity index (χ1v) is 8.96. The van der Waals surface area contributed by atoms with Crippen LogP contribution in [0.2, 0.25) is 0 Å². The first-order chi connectivity index (χ1) is 10.1. The number of unbranched alkanes of at least 4 members (excludes halogenated alkanes) is 7. The summed E-state index contributed by atoms with van der Waals surface area (Å²) in [5, 5.41) is 2.90. The lowest BCUT2D eigenvalue weighted by Crippen LogP contribution is -2.25. The molecule has 1 aromatic rings. The molecule has 0 aliphatic rings. The summed E-state index contributed by atoms with van der Waals surface area (Å²) in [5.41, 5.74) is 0.552. The molecule has 0 spiro atoms. The lowest BCUT2D eigenvalue weighted by molar-refractivity contribution is 0.0952. The molecule has 0 aliphatic carbocycles. The molecule has 0 saturated heterocycles. The quantitative estimate of drug-likeness (QED) is 0.415. The average molecular weight is 405 g/mol. The van der Waals surface area contributed by atoms with Crippen LogP contribution in [0.25, 0.3) is 0 Å². The fourth-order valence-corrected chi connectivity index (χ4v) is 2.95. The van der Waals surface area contributed by atoms with Gasteiger partial charge in [0.1, 0.15) is 5.82 Å². The van der Waals surface area contributed by atoms with Crippen LogP contribution < -0.4 is 5.32 Å². The predicted octanol–water partition coefficient (Wildman–Crippen LogP) is 5.30. The molecule has 0 bridgehead atoms. The highest BCUT2D eigenvalue weighted by Crippen LogP contribution is 2.14. The zero-order valence-corrected chi connectivity index (χ0v) is 14.9. The second-order valence-electron chi connectivity index (χ2n) is 5.35. The van der Waals surface area contributed by atoms with Gasteiger partial charge in [0, 0.05) is 10.1 Å². The Morgan fingerprint density at radius 2 is 1.71 bits per heavy atom. The minimum absolute atomic E-state index is 0.109. The summed E-state index contributed by atoms with van der Waals surface area (Å²) in [6, 6.07) is 4.25. The van der Waals surface area contributed by atoms with Gasteiger partial charge in [0.2, 0.25) is 0 Å². The van der Waals surface area contributed by atoms with E-state index in [1.807, 2.05) is 22.6 Å². The molecule has 0 atom stereocenters. The monoisotopic (exact) mass is 405 g/mol. The Bertz CT molecular complexity index is 437. The third-order valence-corrected chi connectivity index (χ3v) is 4.38. The van der Waals surface area contributed by atoms with Crippen molar-refractivity contribution in [3.63, 3.8) is 0 Å². The Kier molecular flexibility index (Phi) is 9.63. The molecule has 0 fully saturated rings. The molecule has 0 heterocycles. The van der Waals surface area contributed by atoms with E-state index in [2.05, 4.69) is 12.2 Å². The maximum absolute atomic E-state index is 13.0. The summed E-state index contributed by atoms with van der Waals surface area (Å²) in [6.45, 7) is 2.92. The number of benzene rings is 1. The molecule has 21 heavy (non-hydrogen) atoms. The lowest BCUT2D eigenvalue weighted by atomic mass is 10.1. The van der Waals surface area contributed by atoms with E-state index >= 15 is 0 Å². The minimum Gasteiger partial charge on any atom is -0.352 e. The van der Waals surface area contributed by atoms with Crippen LogP contribution in [0.4, 0.5) is 4.39 Å². The topological polar surface area (TPSA) is 29.1 Å². The number of nitrogens with one attached hydrogen (secondary N) is 1. The highest BCUT2D eigenvalue weighted by molar-refractivity contribution is 14.1. The molecular weight excluding hydrogens is 380 g/mol. The Labute approximate surface area is 141 Å². The van der Waals surface area contributed by atoms with E-state index in [0.29, 0.717) is 15.7 Å². The summed E-state index contributed by atoms with van der Waals surface area (Å²) in [4.78, 5) is 11.9. The number of hydrogen-bond acceptors (Lipinski definition) is 1. The number of carbonyl (C=O) groups is 1. The van der Waals surface area contributed by atoms with Crippen LogP contribution in [-0.4, -0.2) is 12.5 Å². The summed E-state index contributed by atoms with van der Waals surface area (Å²) >= 11 is 1.99. The van der Waals surface area contributed by atoms with Crippen LogP contribution in [0.1, 0.15) is 68.6 Å². The standard InChI is InChI=1S/C17H25FINO/c1-2-3-4-5-6-7-8-9-12-20-17(21)15-11-10-14(18)13-16(15)19/h10-11,13H,2-9,12H2,1H3,(H,20,21). The van der Waals surface area contributed by atoms with E-state index in [9.17, 15) is 9.18 Å². The molecule has 1 rings (SSSR count). The number of halogens is 2. The van der Waals surface area contributed by atoms with E-state index in [4.69, 9.17) is 0 Å². The van der Waals surface area contributed by atoms with Gasteiger partial charge in [0.05, 0.1) is 5.56 Å². The van der Waals surface area contributed by atoms with Gasteiger partial charge < -0.3 is 5.32 Å². The molecule has 1 N–H and O–H groups in total. The molecule has 1 aromatic carbocycles. The fourth-order valence-electron chi connectivity index (χ4n) is 2.23. The third kappa shape index (κ3) is 7.79. The maximum Gasteiger partial charge on any atom is 0.252 e. The number of rotatable bonds is 10. The van der Waals surface area contributed by atoms with Crippen molar-refractivity contribution in [2.75, 3.05) is 6.54 Å². The first-order valence-electron chi connectivity index (χ1n) is 7.88. The van der Waals surface area contributed by atoms with Crippen molar-refractivity contribution in [1.29, 1.82) is 0 Å². The van der Waals surface area contributed by atoms with E-state index in [0.717, 1.165) is 12.8 Å². The van der Waals surface area contributed by atoms with Gasteiger partial charge in [0.15, 0.2) is 0 Å². The number of hydrogen-bond donors (Lipinski definition) is 1. The maximum atomic E-state index is 13.0. The van der Waals surface area contributed by atoms with E-state index in [-0.39, 0.29) is 11.7 Å². The smallest absolute Gasteiger partial charge is 0.252 e. The second-order valence-corrected chi connectivity index (χ2v) is 6.52. The number of amides is 1. The van der Waals surface area contributed by atoms with Crippen molar-refractivity contribution >= 4 is 28.5 Å². The largest absolute Gasteiger partial charge is 0.352 e. The highest BCUT2D eigenvalue weighted by Gasteiger charge is 2.09. The van der Waals surface area contributed by atoms with Crippen molar-refractivity contribution in [2.45, 2.75) is 58.3 Å². The van der Waals surface area contributed by atoms with Crippen LogP contribution in [0.3, 0.4) is 0 Å². The molecule has 2 nitrogen and oxygen atoms in total. The van der Waals surface area contributed by atoms with Crippen molar-refractivity contribution in [1.82, 2.24) is 5.32 Å². The minimum atomic E-state index is -0.306. The van der Waals surface area contributed by atoms with Gasteiger partial charge in [0.25, 0.3) is 5.91 Å². The predicted molar refractivity (Wildman–Crippen MR) is 94.1 cm³/mol. The van der Waals surface area contributed by atoms with Gasteiger partial charge in [-0.05, 0) is 47.2 Å². The highest BCUT2D eigenvalue weighted by atomic mass is 127. The lowest BCUT2D eigenvalue weighted by Gasteiger charge is -2.07. The zero-order valence-electron chi connectivity index (χ0n) is 12.8. The van der Waals surface area contributed by atoms with E-state index < -0.39 is 0 Å². The first kappa shape index (κ1) is 18.4. The zero-order chi connectivity index (χ0) is 15.5. The molecule has 0 aromatic heterocycles. The van der Waals surface area contributed by atoms with Gasteiger partial charge in [-0.25, -0.2) is 4.39 Å². The summed E-state index contributed by atoms with van der Waals surface area (Å²) < 4.78 is 13.6. The van der Waals surface area contributed by atoms with Crippen LogP contribution in [0, 0.1) is 9.39 Å². The van der Waals surface area contributed by atoms with Crippen molar-refractivity contribution in [3.05, 3.63) is 33.1 Å². The Balaban J connectivity index is 2.11. The van der Waals surface area contributed by atoms with Crippen LogP contribution in [-0.2, 0) is 0 Å². The van der Waals surface area contributed by atoms with Gasteiger partial charge in [-0.15, -0.1) is 0 Å². The van der Waals surface area contributed by atoms with Gasteiger partial charge in [-0.3, -0.25) is 4.79 Å². The van der Waals surface area contributed by atoms with Crippen LogP contribution in [0.15, 0.2) is 18.2 Å². The summed E-state index contributed by atoms with van der Waals surface area (Å²) in [5.74, 6) is -0.415. The second kappa shape index (κ2) is 11.0. The summed E-state index contributed by atoms with van der Waals surface area (Å²) in [6.07, 6.45) is 10.0. The fraction of sp³-hybridized carbons (Fsp3) is 0.588.